The van der Waals surface area contributed by atoms with E-state index in [0.29, 0.717) is 10.8 Å². The third-order valence-electron chi connectivity index (χ3n) is 8.83. The topological polar surface area (TPSA) is 18.5 Å². The molecule has 24 heavy (non-hydrogen) atoms. The Kier molecular flexibility index (Phi) is 3.61. The Hall–Kier alpha value is -0.0800. The van der Waals surface area contributed by atoms with Crippen molar-refractivity contribution in [3.63, 3.8) is 0 Å². The minimum atomic E-state index is -0.0749. The van der Waals surface area contributed by atoms with E-state index in [1.165, 1.54) is 38.5 Å². The molecule has 2 heteroatoms. The molecule has 0 amide bonds. The SMILES string of the molecule is CC1CCC2C(C)(C)C2(OC(C)OC23CC(C)CCC2C3(C)C)C1. The van der Waals surface area contributed by atoms with Gasteiger partial charge in [0.15, 0.2) is 6.29 Å². The molecule has 0 aromatic carbocycles. The molecule has 4 aliphatic carbocycles. The molecule has 4 aliphatic rings. The Morgan fingerprint density at radius 1 is 0.708 bits per heavy atom. The van der Waals surface area contributed by atoms with E-state index >= 15 is 0 Å². The smallest absolute Gasteiger partial charge is 0.156 e. The Labute approximate surface area is 149 Å². The second-order valence-electron chi connectivity index (χ2n) is 10.9. The molecule has 4 fully saturated rings. The van der Waals surface area contributed by atoms with Crippen LogP contribution in [-0.2, 0) is 9.47 Å². The predicted molar refractivity (Wildman–Crippen MR) is 97.7 cm³/mol. The molecule has 6 atom stereocenters. The van der Waals surface area contributed by atoms with Crippen molar-refractivity contribution in [2.45, 2.75) is 104 Å². The summed E-state index contributed by atoms with van der Waals surface area (Å²) in [6.45, 7) is 16.6. The number of fused-ring (bicyclic) bond motifs is 2. The number of hydrogen-bond acceptors (Lipinski definition) is 2. The summed E-state index contributed by atoms with van der Waals surface area (Å²) >= 11 is 0. The van der Waals surface area contributed by atoms with Crippen LogP contribution in [0.3, 0.4) is 0 Å². The van der Waals surface area contributed by atoms with Crippen LogP contribution in [0.25, 0.3) is 0 Å². The molecule has 4 saturated carbocycles. The van der Waals surface area contributed by atoms with Crippen molar-refractivity contribution in [1.82, 2.24) is 0 Å². The summed E-state index contributed by atoms with van der Waals surface area (Å²) in [7, 11) is 0. The first-order chi connectivity index (χ1) is 11.1. The minimum absolute atomic E-state index is 0.0749. The fourth-order valence-corrected chi connectivity index (χ4v) is 7.17. The third kappa shape index (κ3) is 2.08. The van der Waals surface area contributed by atoms with E-state index in [9.17, 15) is 0 Å². The van der Waals surface area contributed by atoms with Crippen LogP contribution in [0.15, 0.2) is 0 Å². The quantitative estimate of drug-likeness (QED) is 0.605. The molecule has 0 saturated heterocycles. The van der Waals surface area contributed by atoms with Gasteiger partial charge in [-0.2, -0.15) is 0 Å². The fourth-order valence-electron chi connectivity index (χ4n) is 7.17. The van der Waals surface area contributed by atoms with E-state index in [4.69, 9.17) is 9.47 Å². The van der Waals surface area contributed by atoms with Crippen molar-refractivity contribution in [1.29, 1.82) is 0 Å². The van der Waals surface area contributed by atoms with Crippen LogP contribution in [-0.4, -0.2) is 17.5 Å². The van der Waals surface area contributed by atoms with Gasteiger partial charge in [-0.15, -0.1) is 0 Å². The summed E-state index contributed by atoms with van der Waals surface area (Å²) in [6.07, 6.45) is 7.75. The molecular weight excluding hydrogens is 296 g/mol. The molecule has 0 aliphatic heterocycles. The lowest BCUT2D eigenvalue weighted by Crippen LogP contribution is -2.37. The van der Waals surface area contributed by atoms with Crippen molar-refractivity contribution < 1.29 is 9.47 Å². The van der Waals surface area contributed by atoms with Gasteiger partial charge >= 0.3 is 0 Å². The van der Waals surface area contributed by atoms with E-state index in [1.807, 2.05) is 0 Å². The second-order valence-corrected chi connectivity index (χ2v) is 10.9. The molecular formula is C22H38O2. The van der Waals surface area contributed by atoms with Gasteiger partial charge in [0.25, 0.3) is 0 Å². The van der Waals surface area contributed by atoms with Gasteiger partial charge in [0, 0.05) is 0 Å². The molecule has 0 aromatic rings. The van der Waals surface area contributed by atoms with Gasteiger partial charge in [-0.05, 0) is 67.1 Å². The van der Waals surface area contributed by atoms with Crippen LogP contribution in [0.4, 0.5) is 0 Å². The van der Waals surface area contributed by atoms with Crippen LogP contribution >= 0.6 is 0 Å². The fraction of sp³-hybridized carbons (Fsp3) is 1.00. The van der Waals surface area contributed by atoms with Gasteiger partial charge < -0.3 is 9.47 Å². The van der Waals surface area contributed by atoms with Crippen LogP contribution in [0.5, 0.6) is 0 Å². The van der Waals surface area contributed by atoms with Crippen molar-refractivity contribution >= 4 is 0 Å². The van der Waals surface area contributed by atoms with Crippen molar-refractivity contribution in [3.05, 3.63) is 0 Å². The Balaban J connectivity index is 1.47. The zero-order valence-corrected chi connectivity index (χ0v) is 16.9. The van der Waals surface area contributed by atoms with E-state index in [2.05, 4.69) is 48.5 Å². The normalized spacial score (nSPS) is 52.1. The van der Waals surface area contributed by atoms with E-state index in [1.54, 1.807) is 0 Å². The van der Waals surface area contributed by atoms with Crippen LogP contribution < -0.4 is 0 Å². The monoisotopic (exact) mass is 334 g/mol. The van der Waals surface area contributed by atoms with Crippen LogP contribution in [0, 0.1) is 34.5 Å². The number of rotatable bonds is 4. The second kappa shape index (κ2) is 5.00. The summed E-state index contributed by atoms with van der Waals surface area (Å²) in [5.41, 5.74) is 0.807. The summed E-state index contributed by atoms with van der Waals surface area (Å²) < 4.78 is 13.5. The van der Waals surface area contributed by atoms with Gasteiger partial charge in [-0.3, -0.25) is 0 Å². The molecule has 0 bridgehead atoms. The van der Waals surface area contributed by atoms with Crippen molar-refractivity contribution in [3.8, 4) is 0 Å². The highest BCUT2D eigenvalue weighted by molar-refractivity contribution is 5.24. The molecule has 0 heterocycles. The minimum Gasteiger partial charge on any atom is -0.346 e. The highest BCUT2D eigenvalue weighted by Crippen LogP contribution is 2.73. The lowest BCUT2D eigenvalue weighted by Gasteiger charge is -2.35. The molecule has 0 N–H and O–H groups in total. The Bertz CT molecular complexity index is 478. The number of ether oxygens (including phenoxy) is 2. The zero-order chi connectivity index (χ0) is 17.5. The van der Waals surface area contributed by atoms with Crippen molar-refractivity contribution in [2.75, 3.05) is 0 Å². The van der Waals surface area contributed by atoms with Gasteiger partial charge in [0.05, 0.1) is 11.2 Å². The standard InChI is InChI=1S/C22H38O2/c1-14-8-10-17-19(4,5)21(17,12-14)23-16(3)24-22-13-15(2)9-11-18(22)20(22,6)7/h14-18H,8-13H2,1-7H3. The highest BCUT2D eigenvalue weighted by atomic mass is 16.7. The zero-order valence-electron chi connectivity index (χ0n) is 16.9. The molecule has 0 radical (unpaired) electrons. The predicted octanol–water partition coefficient (Wildman–Crippen LogP) is 5.80. The summed E-state index contributed by atoms with van der Waals surface area (Å²) in [5.74, 6) is 3.04. The summed E-state index contributed by atoms with van der Waals surface area (Å²) in [4.78, 5) is 0. The third-order valence-corrected chi connectivity index (χ3v) is 8.83. The first kappa shape index (κ1) is 17.3. The maximum Gasteiger partial charge on any atom is 0.156 e. The average molecular weight is 335 g/mol. The molecule has 2 nitrogen and oxygen atoms in total. The van der Waals surface area contributed by atoms with Crippen LogP contribution in [0.2, 0.25) is 0 Å². The lowest BCUT2D eigenvalue weighted by atomic mass is 9.88. The summed E-state index contributed by atoms with van der Waals surface area (Å²) in [6, 6.07) is 0. The molecule has 0 spiro atoms. The van der Waals surface area contributed by atoms with E-state index < -0.39 is 0 Å². The van der Waals surface area contributed by atoms with Crippen LogP contribution in [0.1, 0.15) is 87.0 Å². The van der Waals surface area contributed by atoms with Gasteiger partial charge in [-0.1, -0.05) is 54.4 Å². The first-order valence-corrected chi connectivity index (χ1v) is 10.4. The van der Waals surface area contributed by atoms with Gasteiger partial charge in [0.1, 0.15) is 0 Å². The highest BCUT2D eigenvalue weighted by Gasteiger charge is 2.76. The molecule has 138 valence electrons. The molecule has 6 unspecified atom stereocenters. The van der Waals surface area contributed by atoms with Crippen molar-refractivity contribution in [2.24, 2.45) is 34.5 Å². The van der Waals surface area contributed by atoms with E-state index in [0.717, 1.165) is 23.7 Å². The molecule has 4 rings (SSSR count). The summed E-state index contributed by atoms with van der Waals surface area (Å²) in [5, 5.41) is 0. The molecule has 0 aromatic heterocycles. The Morgan fingerprint density at radius 2 is 1.08 bits per heavy atom. The maximum absolute atomic E-state index is 6.74. The number of hydrogen-bond donors (Lipinski definition) is 0. The maximum atomic E-state index is 6.74. The largest absolute Gasteiger partial charge is 0.346 e. The lowest BCUT2D eigenvalue weighted by molar-refractivity contribution is -0.230. The average Bonchev–Trinajstić information content (AvgIpc) is 3.12. The van der Waals surface area contributed by atoms with Gasteiger partial charge in [0.2, 0.25) is 0 Å². The Morgan fingerprint density at radius 3 is 1.46 bits per heavy atom. The van der Waals surface area contributed by atoms with Gasteiger partial charge in [-0.25, -0.2) is 0 Å². The first-order valence-electron chi connectivity index (χ1n) is 10.4. The van der Waals surface area contributed by atoms with E-state index in [-0.39, 0.29) is 17.5 Å².